The second-order valence-corrected chi connectivity index (χ2v) is 6.90. The molecule has 1 heterocycles. The van der Waals surface area contributed by atoms with Crippen LogP contribution >= 0.6 is 0 Å². The van der Waals surface area contributed by atoms with Gasteiger partial charge in [-0.15, -0.1) is 0 Å². The van der Waals surface area contributed by atoms with E-state index in [0.717, 1.165) is 12.8 Å². The van der Waals surface area contributed by atoms with Crippen molar-refractivity contribution in [3.63, 3.8) is 0 Å². The Morgan fingerprint density at radius 1 is 1.28 bits per heavy atom. The molecule has 132 valence electrons. The van der Waals surface area contributed by atoms with E-state index in [1.807, 2.05) is 13.8 Å². The molecule has 0 radical (unpaired) electrons. The average Bonchev–Trinajstić information content (AvgIpc) is 3.39. The van der Waals surface area contributed by atoms with E-state index in [9.17, 15) is 19.5 Å². The largest absolute Gasteiger partial charge is 0.480 e. The number of aromatic nitrogens is 2. The number of carboxylic acids is 1. The molecular formula is C18H21N3O4. The number of carbonyl (C=O) groups excluding carboxylic acids is 1. The van der Waals surface area contributed by atoms with Crippen LogP contribution in [-0.2, 0) is 11.3 Å². The lowest BCUT2D eigenvalue weighted by Crippen LogP contribution is -2.43. The van der Waals surface area contributed by atoms with Gasteiger partial charge in [0.15, 0.2) is 5.69 Å². The van der Waals surface area contributed by atoms with Crippen molar-refractivity contribution in [3.8, 4) is 0 Å². The summed E-state index contributed by atoms with van der Waals surface area (Å²) in [5.41, 5.74) is -0.166. The van der Waals surface area contributed by atoms with Gasteiger partial charge < -0.3 is 10.4 Å². The van der Waals surface area contributed by atoms with Gasteiger partial charge in [-0.3, -0.25) is 9.59 Å². The third-order valence-corrected chi connectivity index (χ3v) is 4.27. The van der Waals surface area contributed by atoms with Gasteiger partial charge in [0.1, 0.15) is 6.04 Å². The molecule has 2 aromatic rings. The van der Waals surface area contributed by atoms with Gasteiger partial charge in [-0.05, 0) is 30.7 Å². The maximum absolute atomic E-state index is 12.7. The number of aliphatic carboxylic acids is 1. The maximum Gasteiger partial charge on any atom is 0.326 e. The Bertz CT molecular complexity index is 884. The standard InChI is InChI=1S/C18H21N3O4/c1-10(2)9-21-17(23)13-6-4-3-5-12(13)15(20-21)16(22)19-14(18(24)25)11-7-8-11/h3-6,10-11,14H,7-9H2,1-2H3,(H,19,22)(H,24,25). The van der Waals surface area contributed by atoms with Crippen LogP contribution in [0.3, 0.4) is 0 Å². The topological polar surface area (TPSA) is 101 Å². The van der Waals surface area contributed by atoms with Gasteiger partial charge in [0.05, 0.1) is 5.39 Å². The first-order valence-corrected chi connectivity index (χ1v) is 8.42. The van der Waals surface area contributed by atoms with Gasteiger partial charge in [0.2, 0.25) is 0 Å². The van der Waals surface area contributed by atoms with E-state index in [1.54, 1.807) is 24.3 Å². The predicted octanol–water partition coefficient (Wildman–Crippen LogP) is 1.65. The number of carbonyl (C=O) groups is 2. The number of benzene rings is 1. The molecule has 0 saturated heterocycles. The number of fused-ring (bicyclic) bond motifs is 1. The minimum Gasteiger partial charge on any atom is -0.480 e. The first-order chi connectivity index (χ1) is 11.9. The minimum absolute atomic E-state index is 0.0331. The zero-order chi connectivity index (χ0) is 18.1. The molecule has 1 aromatic heterocycles. The predicted molar refractivity (Wildman–Crippen MR) is 92.5 cm³/mol. The van der Waals surface area contributed by atoms with Crippen molar-refractivity contribution in [2.24, 2.45) is 11.8 Å². The highest BCUT2D eigenvalue weighted by atomic mass is 16.4. The van der Waals surface area contributed by atoms with E-state index in [1.165, 1.54) is 4.68 Å². The molecule has 0 aliphatic heterocycles. The van der Waals surface area contributed by atoms with E-state index in [0.29, 0.717) is 17.3 Å². The summed E-state index contributed by atoms with van der Waals surface area (Å²) < 4.78 is 1.29. The van der Waals surface area contributed by atoms with Crippen molar-refractivity contribution in [1.82, 2.24) is 15.1 Å². The molecule has 7 heteroatoms. The van der Waals surface area contributed by atoms with Crippen LogP contribution in [0.15, 0.2) is 29.1 Å². The third kappa shape index (κ3) is 3.55. The zero-order valence-electron chi connectivity index (χ0n) is 14.2. The summed E-state index contributed by atoms with van der Waals surface area (Å²) in [6.07, 6.45) is 1.58. The van der Waals surface area contributed by atoms with Crippen LogP contribution in [0.5, 0.6) is 0 Å². The molecule has 25 heavy (non-hydrogen) atoms. The minimum atomic E-state index is -1.05. The number of hydrogen-bond donors (Lipinski definition) is 2. The maximum atomic E-state index is 12.7. The Kier molecular flexibility index (Phi) is 4.57. The second-order valence-electron chi connectivity index (χ2n) is 6.90. The number of hydrogen-bond acceptors (Lipinski definition) is 4. The van der Waals surface area contributed by atoms with Crippen molar-refractivity contribution in [2.45, 2.75) is 39.3 Å². The Hall–Kier alpha value is -2.70. The summed E-state index contributed by atoms with van der Waals surface area (Å²) in [5, 5.41) is 17.0. The Labute approximate surface area is 144 Å². The SMILES string of the molecule is CC(C)Cn1nc(C(=O)NC(C(=O)O)C2CC2)c2ccccc2c1=O. The normalized spacial score (nSPS) is 15.3. The highest BCUT2D eigenvalue weighted by Crippen LogP contribution is 2.33. The van der Waals surface area contributed by atoms with Crippen LogP contribution < -0.4 is 10.9 Å². The summed E-state index contributed by atoms with van der Waals surface area (Å²) in [6, 6.07) is 5.85. The highest BCUT2D eigenvalue weighted by Gasteiger charge is 2.38. The Morgan fingerprint density at radius 3 is 2.48 bits per heavy atom. The van der Waals surface area contributed by atoms with Crippen LogP contribution in [-0.4, -0.2) is 32.8 Å². The summed E-state index contributed by atoms with van der Waals surface area (Å²) in [4.78, 5) is 36.7. The summed E-state index contributed by atoms with van der Waals surface area (Å²) in [5.74, 6) is -1.46. The van der Waals surface area contributed by atoms with Gasteiger partial charge in [-0.2, -0.15) is 5.10 Å². The molecule has 1 aliphatic carbocycles. The smallest absolute Gasteiger partial charge is 0.326 e. The summed E-state index contributed by atoms with van der Waals surface area (Å²) >= 11 is 0. The molecule has 1 saturated carbocycles. The van der Waals surface area contributed by atoms with Gasteiger partial charge in [-0.25, -0.2) is 9.48 Å². The van der Waals surface area contributed by atoms with Crippen molar-refractivity contribution in [1.29, 1.82) is 0 Å². The first-order valence-electron chi connectivity index (χ1n) is 8.42. The monoisotopic (exact) mass is 343 g/mol. The van der Waals surface area contributed by atoms with Gasteiger partial charge in [0, 0.05) is 11.9 Å². The van der Waals surface area contributed by atoms with E-state index in [4.69, 9.17) is 0 Å². The second kappa shape index (κ2) is 6.66. The van der Waals surface area contributed by atoms with Crippen LogP contribution in [0, 0.1) is 11.8 Å². The lowest BCUT2D eigenvalue weighted by Gasteiger charge is -2.16. The number of rotatable bonds is 6. The quantitative estimate of drug-likeness (QED) is 0.830. The number of nitrogens with one attached hydrogen (secondary N) is 1. The number of carboxylic acid groups (broad SMARTS) is 1. The van der Waals surface area contributed by atoms with Crippen LogP contribution in [0.2, 0.25) is 0 Å². The fourth-order valence-corrected chi connectivity index (χ4v) is 2.89. The number of nitrogens with zero attached hydrogens (tertiary/aromatic N) is 2. The van der Waals surface area contributed by atoms with E-state index < -0.39 is 17.9 Å². The van der Waals surface area contributed by atoms with E-state index in [-0.39, 0.29) is 23.1 Å². The van der Waals surface area contributed by atoms with Crippen molar-refractivity contribution in [2.75, 3.05) is 0 Å². The molecule has 1 aliphatic rings. The molecule has 3 rings (SSSR count). The van der Waals surface area contributed by atoms with Gasteiger partial charge in [-0.1, -0.05) is 32.0 Å². The molecule has 0 spiro atoms. The lowest BCUT2D eigenvalue weighted by atomic mass is 10.1. The van der Waals surface area contributed by atoms with Crippen LogP contribution in [0.4, 0.5) is 0 Å². The third-order valence-electron chi connectivity index (χ3n) is 4.27. The Morgan fingerprint density at radius 2 is 1.92 bits per heavy atom. The Balaban J connectivity index is 2.04. The molecule has 0 bridgehead atoms. The summed E-state index contributed by atoms with van der Waals surface area (Å²) in [7, 11) is 0. The van der Waals surface area contributed by atoms with Crippen molar-refractivity contribution in [3.05, 3.63) is 40.3 Å². The van der Waals surface area contributed by atoms with Gasteiger partial charge in [0.25, 0.3) is 11.5 Å². The molecule has 1 unspecified atom stereocenters. The molecule has 1 fully saturated rings. The zero-order valence-corrected chi connectivity index (χ0v) is 14.2. The van der Waals surface area contributed by atoms with E-state index in [2.05, 4.69) is 10.4 Å². The number of amides is 1. The van der Waals surface area contributed by atoms with Gasteiger partial charge >= 0.3 is 5.97 Å². The first kappa shape index (κ1) is 17.1. The lowest BCUT2D eigenvalue weighted by molar-refractivity contribution is -0.139. The van der Waals surface area contributed by atoms with Crippen molar-refractivity contribution >= 4 is 22.6 Å². The van der Waals surface area contributed by atoms with Crippen LogP contribution in [0.1, 0.15) is 37.2 Å². The summed E-state index contributed by atoms with van der Waals surface area (Å²) in [6.45, 7) is 4.29. The molecule has 1 aromatic carbocycles. The average molecular weight is 343 g/mol. The fourth-order valence-electron chi connectivity index (χ4n) is 2.89. The van der Waals surface area contributed by atoms with Crippen LogP contribution in [0.25, 0.3) is 10.8 Å². The molecule has 7 nitrogen and oxygen atoms in total. The van der Waals surface area contributed by atoms with E-state index >= 15 is 0 Å². The van der Waals surface area contributed by atoms with Crippen molar-refractivity contribution < 1.29 is 14.7 Å². The molecule has 2 N–H and O–H groups in total. The fraction of sp³-hybridized carbons (Fsp3) is 0.444. The molecule has 1 amide bonds. The molecular weight excluding hydrogens is 322 g/mol. The highest BCUT2D eigenvalue weighted by molar-refractivity contribution is 6.05. The molecule has 1 atom stereocenters.